The Morgan fingerprint density at radius 1 is 1.50 bits per heavy atom. The third kappa shape index (κ3) is 1.97. The van der Waals surface area contributed by atoms with Gasteiger partial charge in [0.15, 0.2) is 0 Å². The van der Waals surface area contributed by atoms with Crippen molar-refractivity contribution in [3.63, 3.8) is 0 Å². The van der Waals surface area contributed by atoms with Crippen LogP contribution < -0.4 is 10.5 Å². The third-order valence-corrected chi connectivity index (χ3v) is 2.64. The molecule has 0 aliphatic heterocycles. The first-order valence-corrected chi connectivity index (χ1v) is 5.19. The molecule has 0 fully saturated rings. The van der Waals surface area contributed by atoms with Gasteiger partial charge in [0.1, 0.15) is 4.47 Å². The summed E-state index contributed by atoms with van der Waals surface area (Å²) in [5, 5.41) is 4.09. The highest BCUT2D eigenvalue weighted by Gasteiger charge is 2.11. The predicted molar refractivity (Wildman–Crippen MR) is 60.9 cm³/mol. The summed E-state index contributed by atoms with van der Waals surface area (Å²) >= 11 is 3.28. The Balaban J connectivity index is 3.34. The molecule has 1 rings (SSSR count). The van der Waals surface area contributed by atoms with E-state index in [1.807, 2.05) is 32.8 Å². The summed E-state index contributed by atoms with van der Waals surface area (Å²) in [5.41, 5.74) is 0.707. The maximum absolute atomic E-state index is 11.8. The Morgan fingerprint density at radius 2 is 2.07 bits per heavy atom. The zero-order chi connectivity index (χ0) is 10.9. The molecule has 1 heterocycles. The number of hydrogen-bond acceptors (Lipinski definition) is 3. The quantitative estimate of drug-likeness (QED) is 0.811. The van der Waals surface area contributed by atoms with Crippen LogP contribution in [-0.2, 0) is 0 Å². The molecule has 1 aromatic rings. The molecule has 1 aromatic heterocycles. The van der Waals surface area contributed by atoms with Crippen molar-refractivity contribution in [3.8, 4) is 0 Å². The fourth-order valence-corrected chi connectivity index (χ4v) is 1.75. The Labute approximate surface area is 91.7 Å². The highest BCUT2D eigenvalue weighted by atomic mass is 79.9. The van der Waals surface area contributed by atoms with Crippen molar-refractivity contribution in [2.24, 2.45) is 0 Å². The van der Waals surface area contributed by atoms with E-state index in [1.54, 1.807) is 6.20 Å². The Bertz CT molecular complexity index is 384. The summed E-state index contributed by atoms with van der Waals surface area (Å²) in [5.74, 6) is 0. The molecule has 0 aliphatic rings. The van der Waals surface area contributed by atoms with Gasteiger partial charge in [-0.25, -0.2) is 4.68 Å². The molecule has 0 N–H and O–H groups in total. The lowest BCUT2D eigenvalue weighted by Crippen LogP contribution is -2.27. The van der Waals surface area contributed by atoms with E-state index >= 15 is 0 Å². The maximum Gasteiger partial charge on any atom is 0.283 e. The first-order chi connectivity index (χ1) is 6.45. The van der Waals surface area contributed by atoms with Crippen molar-refractivity contribution >= 4 is 21.6 Å². The summed E-state index contributed by atoms with van der Waals surface area (Å²) in [7, 11) is 3.75. The van der Waals surface area contributed by atoms with E-state index in [1.165, 1.54) is 4.68 Å². The number of hydrogen-bond donors (Lipinski definition) is 0. The molecular formula is C9H14BrN3O. The van der Waals surface area contributed by atoms with Crippen molar-refractivity contribution in [1.82, 2.24) is 9.78 Å². The fourth-order valence-electron chi connectivity index (χ4n) is 1.12. The number of anilines is 1. The van der Waals surface area contributed by atoms with Gasteiger partial charge in [-0.15, -0.1) is 0 Å². The highest BCUT2D eigenvalue weighted by Crippen LogP contribution is 2.19. The van der Waals surface area contributed by atoms with Crippen LogP contribution in [0.5, 0.6) is 0 Å². The lowest BCUT2D eigenvalue weighted by atomic mass is 10.4. The molecular weight excluding hydrogens is 246 g/mol. The van der Waals surface area contributed by atoms with Crippen LogP contribution in [0.1, 0.15) is 19.9 Å². The minimum atomic E-state index is -0.0915. The second-order valence-corrected chi connectivity index (χ2v) is 4.37. The van der Waals surface area contributed by atoms with Gasteiger partial charge in [0.25, 0.3) is 5.56 Å². The van der Waals surface area contributed by atoms with Crippen LogP contribution in [0.25, 0.3) is 0 Å². The van der Waals surface area contributed by atoms with E-state index in [2.05, 4.69) is 21.0 Å². The molecule has 0 saturated heterocycles. The fraction of sp³-hybridized carbons (Fsp3) is 0.556. The van der Waals surface area contributed by atoms with Gasteiger partial charge in [-0.3, -0.25) is 4.79 Å². The maximum atomic E-state index is 11.8. The van der Waals surface area contributed by atoms with E-state index < -0.39 is 0 Å². The average Bonchev–Trinajstić information content (AvgIpc) is 2.08. The molecule has 0 radical (unpaired) electrons. The van der Waals surface area contributed by atoms with Gasteiger partial charge >= 0.3 is 0 Å². The molecule has 78 valence electrons. The Kier molecular flexibility index (Phi) is 3.31. The smallest absolute Gasteiger partial charge is 0.283 e. The molecule has 0 unspecified atom stereocenters. The Morgan fingerprint density at radius 3 is 2.50 bits per heavy atom. The first kappa shape index (κ1) is 11.2. The standard InChI is InChI=1S/C9H14BrN3O/c1-6(2)13-9(14)8(10)7(5-11-13)12(3)4/h5-6H,1-4H3. The van der Waals surface area contributed by atoms with E-state index in [0.717, 1.165) is 5.69 Å². The topological polar surface area (TPSA) is 38.1 Å². The molecule has 0 spiro atoms. The monoisotopic (exact) mass is 259 g/mol. The van der Waals surface area contributed by atoms with Gasteiger partial charge in [0.05, 0.1) is 17.9 Å². The summed E-state index contributed by atoms with van der Waals surface area (Å²) < 4.78 is 2.02. The summed E-state index contributed by atoms with van der Waals surface area (Å²) in [6, 6.07) is 0.0787. The number of aromatic nitrogens is 2. The molecule has 5 heteroatoms. The second kappa shape index (κ2) is 4.13. The van der Waals surface area contributed by atoms with Crippen LogP contribution >= 0.6 is 15.9 Å². The van der Waals surface area contributed by atoms with Gasteiger partial charge < -0.3 is 4.90 Å². The number of halogens is 1. The van der Waals surface area contributed by atoms with Crippen molar-refractivity contribution in [2.75, 3.05) is 19.0 Å². The van der Waals surface area contributed by atoms with Crippen LogP contribution in [0.4, 0.5) is 5.69 Å². The molecule has 0 aliphatic carbocycles. The molecule has 0 atom stereocenters. The van der Waals surface area contributed by atoms with Crippen molar-refractivity contribution in [3.05, 3.63) is 21.0 Å². The van der Waals surface area contributed by atoms with Crippen LogP contribution in [0.2, 0.25) is 0 Å². The first-order valence-electron chi connectivity index (χ1n) is 4.39. The van der Waals surface area contributed by atoms with Gasteiger partial charge in [-0.05, 0) is 29.8 Å². The van der Waals surface area contributed by atoms with Crippen LogP contribution in [0, 0.1) is 0 Å². The molecule has 0 amide bonds. The number of nitrogens with zero attached hydrogens (tertiary/aromatic N) is 3. The van der Waals surface area contributed by atoms with E-state index in [-0.39, 0.29) is 11.6 Å². The Hall–Kier alpha value is -0.840. The van der Waals surface area contributed by atoms with Crippen molar-refractivity contribution in [2.45, 2.75) is 19.9 Å². The normalized spacial score (nSPS) is 10.7. The van der Waals surface area contributed by atoms with Crippen molar-refractivity contribution < 1.29 is 0 Å². The van der Waals surface area contributed by atoms with Crippen LogP contribution in [0.15, 0.2) is 15.5 Å². The van der Waals surface area contributed by atoms with E-state index in [9.17, 15) is 4.79 Å². The minimum Gasteiger partial charge on any atom is -0.375 e. The summed E-state index contributed by atoms with van der Waals surface area (Å²) in [4.78, 5) is 13.6. The van der Waals surface area contributed by atoms with E-state index in [4.69, 9.17) is 0 Å². The van der Waals surface area contributed by atoms with E-state index in [0.29, 0.717) is 4.47 Å². The molecule has 0 aromatic carbocycles. The molecule has 14 heavy (non-hydrogen) atoms. The van der Waals surface area contributed by atoms with Gasteiger partial charge in [-0.2, -0.15) is 5.10 Å². The number of rotatable bonds is 2. The van der Waals surface area contributed by atoms with Gasteiger partial charge in [0.2, 0.25) is 0 Å². The molecule has 4 nitrogen and oxygen atoms in total. The highest BCUT2D eigenvalue weighted by molar-refractivity contribution is 9.10. The molecule has 0 bridgehead atoms. The van der Waals surface area contributed by atoms with Crippen LogP contribution in [-0.4, -0.2) is 23.9 Å². The van der Waals surface area contributed by atoms with Crippen molar-refractivity contribution in [1.29, 1.82) is 0 Å². The lowest BCUT2D eigenvalue weighted by molar-refractivity contribution is 0.500. The van der Waals surface area contributed by atoms with Gasteiger partial charge in [0, 0.05) is 14.1 Å². The zero-order valence-electron chi connectivity index (χ0n) is 8.78. The zero-order valence-corrected chi connectivity index (χ0v) is 10.4. The average molecular weight is 260 g/mol. The summed E-state index contributed by atoms with van der Waals surface area (Å²) in [6.45, 7) is 3.85. The molecule has 0 saturated carbocycles. The SMILES string of the molecule is CC(C)n1ncc(N(C)C)c(Br)c1=O. The second-order valence-electron chi connectivity index (χ2n) is 3.58. The predicted octanol–water partition coefficient (Wildman–Crippen LogP) is 1.65. The van der Waals surface area contributed by atoms with Gasteiger partial charge in [-0.1, -0.05) is 0 Å². The third-order valence-electron chi connectivity index (χ3n) is 1.90. The van der Waals surface area contributed by atoms with Crippen LogP contribution in [0.3, 0.4) is 0 Å². The lowest BCUT2D eigenvalue weighted by Gasteiger charge is -2.16. The largest absolute Gasteiger partial charge is 0.375 e. The summed E-state index contributed by atoms with van der Waals surface area (Å²) in [6.07, 6.45) is 1.69. The minimum absolute atomic E-state index is 0.0787.